The van der Waals surface area contributed by atoms with Crippen molar-refractivity contribution in [1.82, 2.24) is 5.43 Å². The molecule has 0 aliphatic carbocycles. The number of benzene rings is 4. The van der Waals surface area contributed by atoms with Crippen LogP contribution in [0.25, 0.3) is 11.1 Å². The SMILES string of the molecule is COc1cc(/C=N\NC(=O)COc2ccc(-c3ccccc3)cc2)ccc1OC(=O)c1ccccc1Cl. The lowest BCUT2D eigenvalue weighted by Crippen LogP contribution is -2.24. The number of halogens is 1. The van der Waals surface area contributed by atoms with E-state index in [0.717, 1.165) is 11.1 Å². The predicted octanol–water partition coefficient (Wildman–Crippen LogP) is 5.76. The molecule has 0 bridgehead atoms. The highest BCUT2D eigenvalue weighted by Gasteiger charge is 2.15. The third-order valence-corrected chi connectivity index (χ3v) is 5.55. The fraction of sp³-hybridized carbons (Fsp3) is 0.0690. The number of nitrogens with zero attached hydrogens (tertiary/aromatic N) is 1. The summed E-state index contributed by atoms with van der Waals surface area (Å²) in [6.07, 6.45) is 1.44. The molecule has 0 aromatic heterocycles. The molecule has 0 radical (unpaired) electrons. The van der Waals surface area contributed by atoms with Crippen molar-refractivity contribution in [3.05, 3.63) is 113 Å². The molecule has 1 N–H and O–H groups in total. The molecule has 4 aromatic carbocycles. The maximum Gasteiger partial charge on any atom is 0.345 e. The summed E-state index contributed by atoms with van der Waals surface area (Å²) < 4.78 is 16.3. The Morgan fingerprint density at radius 2 is 1.57 bits per heavy atom. The summed E-state index contributed by atoms with van der Waals surface area (Å²) in [6, 6.07) is 28.9. The number of amides is 1. The van der Waals surface area contributed by atoms with Gasteiger partial charge >= 0.3 is 5.97 Å². The first-order valence-electron chi connectivity index (χ1n) is 11.3. The van der Waals surface area contributed by atoms with Crippen molar-refractivity contribution in [3.63, 3.8) is 0 Å². The fourth-order valence-electron chi connectivity index (χ4n) is 3.36. The Morgan fingerprint density at radius 3 is 2.30 bits per heavy atom. The molecule has 0 spiro atoms. The Labute approximate surface area is 219 Å². The summed E-state index contributed by atoms with van der Waals surface area (Å²) in [5, 5.41) is 4.24. The van der Waals surface area contributed by atoms with E-state index in [-0.39, 0.29) is 17.9 Å². The fourth-order valence-corrected chi connectivity index (χ4v) is 3.58. The highest BCUT2D eigenvalue weighted by Crippen LogP contribution is 2.29. The number of carbonyl (C=O) groups is 2. The minimum atomic E-state index is -0.604. The largest absolute Gasteiger partial charge is 0.493 e. The van der Waals surface area contributed by atoms with Gasteiger partial charge in [-0.05, 0) is 59.2 Å². The lowest BCUT2D eigenvalue weighted by molar-refractivity contribution is -0.123. The molecule has 8 heteroatoms. The van der Waals surface area contributed by atoms with E-state index >= 15 is 0 Å². The Kier molecular flexibility index (Phi) is 8.52. The summed E-state index contributed by atoms with van der Waals surface area (Å²) in [5.41, 5.74) is 5.44. The van der Waals surface area contributed by atoms with Crippen LogP contribution in [0.1, 0.15) is 15.9 Å². The first-order chi connectivity index (χ1) is 18.0. The van der Waals surface area contributed by atoms with E-state index in [4.69, 9.17) is 25.8 Å². The molecular formula is C29H23ClN2O5. The van der Waals surface area contributed by atoms with E-state index < -0.39 is 11.9 Å². The Bertz CT molecular complexity index is 1410. The average Bonchev–Trinajstić information content (AvgIpc) is 2.93. The Balaban J connectivity index is 1.29. The summed E-state index contributed by atoms with van der Waals surface area (Å²) >= 11 is 6.06. The van der Waals surface area contributed by atoms with Crippen LogP contribution in [0.4, 0.5) is 0 Å². The quantitative estimate of drug-likeness (QED) is 0.133. The molecule has 0 saturated heterocycles. The summed E-state index contributed by atoms with van der Waals surface area (Å²) in [7, 11) is 1.45. The van der Waals surface area contributed by atoms with Crippen LogP contribution in [0.3, 0.4) is 0 Å². The smallest absolute Gasteiger partial charge is 0.345 e. The van der Waals surface area contributed by atoms with Gasteiger partial charge in [-0.2, -0.15) is 5.10 Å². The molecule has 37 heavy (non-hydrogen) atoms. The van der Waals surface area contributed by atoms with E-state index in [1.807, 2.05) is 54.6 Å². The Hall–Kier alpha value is -4.62. The van der Waals surface area contributed by atoms with Gasteiger partial charge in [-0.3, -0.25) is 4.79 Å². The molecule has 0 heterocycles. The van der Waals surface area contributed by atoms with Crippen molar-refractivity contribution in [2.75, 3.05) is 13.7 Å². The maximum atomic E-state index is 12.4. The van der Waals surface area contributed by atoms with E-state index in [9.17, 15) is 9.59 Å². The first kappa shape index (κ1) is 25.5. The third-order valence-electron chi connectivity index (χ3n) is 5.22. The molecule has 186 valence electrons. The van der Waals surface area contributed by atoms with Crippen LogP contribution in [0.2, 0.25) is 5.02 Å². The zero-order valence-electron chi connectivity index (χ0n) is 19.9. The topological polar surface area (TPSA) is 86.2 Å². The summed E-state index contributed by atoms with van der Waals surface area (Å²) in [6.45, 7) is -0.192. The van der Waals surface area contributed by atoms with Crippen LogP contribution in [-0.4, -0.2) is 31.8 Å². The van der Waals surface area contributed by atoms with Crippen molar-refractivity contribution in [2.24, 2.45) is 5.10 Å². The standard InChI is InChI=1S/C29H23ClN2O5/c1-35-27-17-20(11-16-26(27)37-29(34)24-9-5-6-10-25(24)30)18-31-32-28(33)19-36-23-14-12-22(13-15-23)21-7-3-2-4-8-21/h2-18H,19H2,1H3,(H,32,33)/b31-18-. The van der Waals surface area contributed by atoms with Gasteiger partial charge in [0.2, 0.25) is 0 Å². The van der Waals surface area contributed by atoms with Crippen LogP contribution < -0.4 is 19.6 Å². The number of carbonyl (C=O) groups excluding carboxylic acids is 2. The number of nitrogens with one attached hydrogen (secondary N) is 1. The van der Waals surface area contributed by atoms with E-state index in [1.54, 1.807) is 42.5 Å². The van der Waals surface area contributed by atoms with Crippen molar-refractivity contribution in [3.8, 4) is 28.4 Å². The van der Waals surface area contributed by atoms with Crippen LogP contribution in [0, 0.1) is 0 Å². The van der Waals surface area contributed by atoms with Gasteiger partial charge in [-0.15, -0.1) is 0 Å². The number of methoxy groups -OCH3 is 1. The molecule has 0 unspecified atom stereocenters. The number of hydrogen-bond acceptors (Lipinski definition) is 6. The van der Waals surface area contributed by atoms with Gasteiger partial charge in [0.05, 0.1) is 23.9 Å². The van der Waals surface area contributed by atoms with Crippen molar-refractivity contribution < 1.29 is 23.8 Å². The molecule has 0 fully saturated rings. The number of esters is 1. The van der Waals surface area contributed by atoms with Gasteiger partial charge in [0.25, 0.3) is 5.91 Å². The van der Waals surface area contributed by atoms with Gasteiger partial charge < -0.3 is 14.2 Å². The van der Waals surface area contributed by atoms with Crippen molar-refractivity contribution >= 4 is 29.7 Å². The Morgan fingerprint density at radius 1 is 0.865 bits per heavy atom. The van der Waals surface area contributed by atoms with E-state index in [0.29, 0.717) is 22.1 Å². The zero-order chi connectivity index (χ0) is 26.0. The average molecular weight is 515 g/mol. The molecule has 4 aromatic rings. The monoisotopic (exact) mass is 514 g/mol. The molecule has 0 atom stereocenters. The van der Waals surface area contributed by atoms with Crippen LogP contribution in [0.15, 0.2) is 102 Å². The number of rotatable bonds is 9. The number of hydrogen-bond donors (Lipinski definition) is 1. The number of ether oxygens (including phenoxy) is 3. The van der Waals surface area contributed by atoms with Crippen molar-refractivity contribution in [1.29, 1.82) is 0 Å². The highest BCUT2D eigenvalue weighted by molar-refractivity contribution is 6.33. The van der Waals surface area contributed by atoms with Gasteiger partial charge in [0.15, 0.2) is 18.1 Å². The lowest BCUT2D eigenvalue weighted by Gasteiger charge is -2.10. The molecule has 4 rings (SSSR count). The van der Waals surface area contributed by atoms with Gasteiger partial charge in [0.1, 0.15) is 5.75 Å². The minimum Gasteiger partial charge on any atom is -0.493 e. The summed E-state index contributed by atoms with van der Waals surface area (Å²) in [4.78, 5) is 24.5. The second-order valence-corrected chi connectivity index (χ2v) is 8.16. The van der Waals surface area contributed by atoms with Crippen molar-refractivity contribution in [2.45, 2.75) is 0 Å². The molecule has 0 aliphatic heterocycles. The van der Waals surface area contributed by atoms with E-state index in [2.05, 4.69) is 10.5 Å². The lowest BCUT2D eigenvalue weighted by atomic mass is 10.1. The van der Waals surface area contributed by atoms with E-state index in [1.165, 1.54) is 13.3 Å². The van der Waals surface area contributed by atoms with Gasteiger partial charge in [-0.1, -0.05) is 66.2 Å². The van der Waals surface area contributed by atoms with Crippen LogP contribution >= 0.6 is 11.6 Å². The molecule has 0 aliphatic rings. The maximum absolute atomic E-state index is 12.4. The van der Waals surface area contributed by atoms with Crippen LogP contribution in [-0.2, 0) is 4.79 Å². The number of hydrazone groups is 1. The molecule has 0 saturated carbocycles. The summed E-state index contributed by atoms with van der Waals surface area (Å²) in [5.74, 6) is 0.0941. The molecule has 1 amide bonds. The molecule has 7 nitrogen and oxygen atoms in total. The van der Waals surface area contributed by atoms with Gasteiger partial charge in [0, 0.05) is 0 Å². The highest BCUT2D eigenvalue weighted by atomic mass is 35.5. The zero-order valence-corrected chi connectivity index (χ0v) is 20.6. The second-order valence-electron chi connectivity index (χ2n) is 7.75. The normalized spacial score (nSPS) is 10.6. The van der Waals surface area contributed by atoms with Crippen LogP contribution in [0.5, 0.6) is 17.2 Å². The predicted molar refractivity (Wildman–Crippen MR) is 143 cm³/mol. The third kappa shape index (κ3) is 6.96. The second kappa shape index (κ2) is 12.4. The van der Waals surface area contributed by atoms with Gasteiger partial charge in [-0.25, -0.2) is 10.2 Å². The first-order valence-corrected chi connectivity index (χ1v) is 11.7. The molecular weight excluding hydrogens is 492 g/mol. The minimum absolute atomic E-state index is 0.192.